The lowest BCUT2D eigenvalue weighted by molar-refractivity contribution is -0.138. The average Bonchev–Trinajstić information content (AvgIpc) is 2.76. The maximum absolute atomic E-state index is 11.0. The van der Waals surface area contributed by atoms with Crippen molar-refractivity contribution in [3.63, 3.8) is 0 Å². The molecule has 0 aliphatic carbocycles. The zero-order chi connectivity index (χ0) is 12.3. The van der Waals surface area contributed by atoms with E-state index in [4.69, 9.17) is 5.11 Å². The standard InChI is InChI=1S/C13H17NO2S/c1-2-13(8-10-6-4-3-5-7-10)14-11(9-17-13)12(15)16/h3-7,11,14H,2,8-9H2,1H3,(H,15,16)/t11-,13?/m0/s1. The highest BCUT2D eigenvalue weighted by molar-refractivity contribution is 8.01. The summed E-state index contributed by atoms with van der Waals surface area (Å²) < 4.78 is 0. The molecule has 92 valence electrons. The molecule has 2 atom stereocenters. The first kappa shape index (κ1) is 12.5. The molecule has 4 heteroatoms. The predicted molar refractivity (Wildman–Crippen MR) is 70.2 cm³/mol. The van der Waals surface area contributed by atoms with Crippen LogP contribution in [0.5, 0.6) is 0 Å². The van der Waals surface area contributed by atoms with Gasteiger partial charge in [-0.2, -0.15) is 0 Å². The van der Waals surface area contributed by atoms with Gasteiger partial charge in [0.1, 0.15) is 6.04 Å². The molecule has 1 saturated heterocycles. The summed E-state index contributed by atoms with van der Waals surface area (Å²) in [5.74, 6) is -0.100. The van der Waals surface area contributed by atoms with Gasteiger partial charge in [0.15, 0.2) is 0 Å². The minimum Gasteiger partial charge on any atom is -0.480 e. The highest BCUT2D eigenvalue weighted by Gasteiger charge is 2.40. The number of thioether (sulfide) groups is 1. The Balaban J connectivity index is 2.09. The number of aliphatic carboxylic acids is 1. The molecule has 1 aromatic rings. The molecule has 1 fully saturated rings. The quantitative estimate of drug-likeness (QED) is 0.860. The van der Waals surface area contributed by atoms with Crippen molar-refractivity contribution < 1.29 is 9.90 Å². The summed E-state index contributed by atoms with van der Waals surface area (Å²) >= 11 is 1.73. The number of nitrogens with one attached hydrogen (secondary N) is 1. The first-order valence-corrected chi connectivity index (χ1v) is 6.82. The average molecular weight is 251 g/mol. The van der Waals surface area contributed by atoms with Crippen LogP contribution in [-0.4, -0.2) is 27.7 Å². The molecule has 17 heavy (non-hydrogen) atoms. The smallest absolute Gasteiger partial charge is 0.321 e. The normalized spacial score (nSPS) is 28.2. The van der Waals surface area contributed by atoms with Gasteiger partial charge in [0.2, 0.25) is 0 Å². The summed E-state index contributed by atoms with van der Waals surface area (Å²) in [7, 11) is 0. The molecule has 1 aliphatic rings. The van der Waals surface area contributed by atoms with Gasteiger partial charge in [-0.15, -0.1) is 11.8 Å². The van der Waals surface area contributed by atoms with Crippen LogP contribution in [0.2, 0.25) is 0 Å². The molecule has 2 rings (SSSR count). The van der Waals surface area contributed by atoms with Gasteiger partial charge in [-0.3, -0.25) is 10.1 Å². The van der Waals surface area contributed by atoms with Crippen LogP contribution in [0.3, 0.4) is 0 Å². The highest BCUT2D eigenvalue weighted by atomic mass is 32.2. The van der Waals surface area contributed by atoms with Gasteiger partial charge in [0.05, 0.1) is 4.87 Å². The first-order valence-electron chi connectivity index (χ1n) is 5.83. The Kier molecular flexibility index (Phi) is 3.74. The van der Waals surface area contributed by atoms with E-state index >= 15 is 0 Å². The summed E-state index contributed by atoms with van der Waals surface area (Å²) in [6.45, 7) is 2.10. The summed E-state index contributed by atoms with van der Waals surface area (Å²) in [4.78, 5) is 10.9. The van der Waals surface area contributed by atoms with Crippen LogP contribution >= 0.6 is 11.8 Å². The number of rotatable bonds is 4. The number of carbonyl (C=O) groups is 1. The maximum Gasteiger partial charge on any atom is 0.321 e. The molecule has 0 bridgehead atoms. The molecule has 0 spiro atoms. The molecule has 3 nitrogen and oxygen atoms in total. The van der Waals surface area contributed by atoms with E-state index in [1.54, 1.807) is 11.8 Å². The molecule has 0 saturated carbocycles. The van der Waals surface area contributed by atoms with E-state index in [9.17, 15) is 4.79 Å². The third-order valence-corrected chi connectivity index (χ3v) is 4.77. The predicted octanol–water partition coefficient (Wildman–Crippen LogP) is 2.12. The van der Waals surface area contributed by atoms with E-state index in [0.717, 1.165) is 12.8 Å². The van der Waals surface area contributed by atoms with E-state index in [-0.39, 0.29) is 4.87 Å². The van der Waals surface area contributed by atoms with Crippen LogP contribution in [0.1, 0.15) is 18.9 Å². The number of hydrogen-bond donors (Lipinski definition) is 2. The van der Waals surface area contributed by atoms with Crippen molar-refractivity contribution >= 4 is 17.7 Å². The van der Waals surface area contributed by atoms with Gasteiger partial charge in [-0.25, -0.2) is 0 Å². The molecule has 1 aliphatic heterocycles. The van der Waals surface area contributed by atoms with E-state index in [1.807, 2.05) is 18.2 Å². The second-order valence-corrected chi connectivity index (χ2v) is 5.76. The fourth-order valence-corrected chi connectivity index (χ4v) is 3.54. The van der Waals surface area contributed by atoms with Gasteiger partial charge < -0.3 is 5.11 Å². The third kappa shape index (κ3) is 2.82. The Morgan fingerprint density at radius 1 is 1.53 bits per heavy atom. The summed E-state index contributed by atoms with van der Waals surface area (Å²) in [5, 5.41) is 12.3. The van der Waals surface area contributed by atoms with Crippen molar-refractivity contribution in [2.75, 3.05) is 5.75 Å². The Labute approximate surface area is 106 Å². The third-order valence-electron chi connectivity index (χ3n) is 3.17. The van der Waals surface area contributed by atoms with Gasteiger partial charge in [-0.1, -0.05) is 37.3 Å². The summed E-state index contributed by atoms with van der Waals surface area (Å²) in [6.07, 6.45) is 1.80. The molecule has 1 aromatic carbocycles. The maximum atomic E-state index is 11.0. The van der Waals surface area contributed by atoms with Crippen molar-refractivity contribution in [1.82, 2.24) is 5.32 Å². The Morgan fingerprint density at radius 2 is 2.24 bits per heavy atom. The fraction of sp³-hybridized carbons (Fsp3) is 0.462. The van der Waals surface area contributed by atoms with Crippen LogP contribution in [0, 0.1) is 0 Å². The fourth-order valence-electron chi connectivity index (χ4n) is 2.13. The highest BCUT2D eigenvalue weighted by Crippen LogP contribution is 2.36. The largest absolute Gasteiger partial charge is 0.480 e. The Hall–Kier alpha value is -1.00. The van der Waals surface area contributed by atoms with Gasteiger partial charge >= 0.3 is 5.97 Å². The van der Waals surface area contributed by atoms with Gasteiger partial charge in [-0.05, 0) is 18.4 Å². The molecule has 1 heterocycles. The molecule has 1 unspecified atom stereocenters. The van der Waals surface area contributed by atoms with Crippen LogP contribution in [0.15, 0.2) is 30.3 Å². The van der Waals surface area contributed by atoms with Gasteiger partial charge in [0, 0.05) is 5.75 Å². The van der Waals surface area contributed by atoms with E-state index in [2.05, 4.69) is 24.4 Å². The zero-order valence-corrected chi connectivity index (χ0v) is 10.7. The second-order valence-electron chi connectivity index (χ2n) is 4.36. The first-order chi connectivity index (χ1) is 8.15. The van der Waals surface area contributed by atoms with E-state index < -0.39 is 12.0 Å². The molecule has 0 radical (unpaired) electrons. The van der Waals surface area contributed by atoms with Gasteiger partial charge in [0.25, 0.3) is 0 Å². The lowest BCUT2D eigenvalue weighted by atomic mass is 10.0. The Morgan fingerprint density at radius 3 is 2.76 bits per heavy atom. The van der Waals surface area contributed by atoms with Crippen molar-refractivity contribution in [3.8, 4) is 0 Å². The lowest BCUT2D eigenvalue weighted by Crippen LogP contribution is -2.46. The summed E-state index contributed by atoms with van der Waals surface area (Å²) in [6, 6.07) is 9.81. The second kappa shape index (κ2) is 5.10. The lowest BCUT2D eigenvalue weighted by Gasteiger charge is -2.28. The number of carboxylic acid groups (broad SMARTS) is 1. The molecule has 0 aromatic heterocycles. The monoisotopic (exact) mass is 251 g/mol. The van der Waals surface area contributed by atoms with Crippen molar-refractivity contribution in [2.24, 2.45) is 0 Å². The van der Waals surface area contributed by atoms with Crippen LogP contribution in [0.4, 0.5) is 0 Å². The summed E-state index contributed by atoms with van der Waals surface area (Å²) in [5.41, 5.74) is 1.25. The van der Waals surface area contributed by atoms with Crippen LogP contribution in [0.25, 0.3) is 0 Å². The molecule has 0 amide bonds. The molecular formula is C13H17NO2S. The zero-order valence-electron chi connectivity index (χ0n) is 9.85. The minimum atomic E-state index is -0.749. The Bertz CT molecular complexity index is 396. The number of hydrogen-bond acceptors (Lipinski definition) is 3. The van der Waals surface area contributed by atoms with Crippen LogP contribution < -0.4 is 5.32 Å². The molecule has 2 N–H and O–H groups in total. The molecular weight excluding hydrogens is 234 g/mol. The van der Waals surface area contributed by atoms with Crippen molar-refractivity contribution in [2.45, 2.75) is 30.7 Å². The topological polar surface area (TPSA) is 49.3 Å². The van der Waals surface area contributed by atoms with E-state index in [0.29, 0.717) is 5.75 Å². The van der Waals surface area contributed by atoms with Crippen LogP contribution in [-0.2, 0) is 11.2 Å². The van der Waals surface area contributed by atoms with Crippen molar-refractivity contribution in [3.05, 3.63) is 35.9 Å². The number of carboxylic acids is 1. The SMILES string of the molecule is CCC1(Cc2ccccc2)N[C@H](C(=O)O)CS1. The number of benzene rings is 1. The minimum absolute atomic E-state index is 0.121. The van der Waals surface area contributed by atoms with E-state index in [1.165, 1.54) is 5.56 Å². The van der Waals surface area contributed by atoms with Crippen molar-refractivity contribution in [1.29, 1.82) is 0 Å².